The predicted molar refractivity (Wildman–Crippen MR) is 480 cm³/mol. The second-order valence-electron chi connectivity index (χ2n) is 31.4. The summed E-state index contributed by atoms with van der Waals surface area (Å²) >= 11 is 5.28. The summed E-state index contributed by atoms with van der Waals surface area (Å²) in [5.74, 6) is -4.68. The molecule has 1 aliphatic heterocycles. The molecule has 39 heteroatoms. The van der Waals surface area contributed by atoms with Gasteiger partial charge in [0, 0.05) is 116 Å². The fraction of sp³-hybridized carbons (Fsp3) is 0.787. The van der Waals surface area contributed by atoms with E-state index in [-0.39, 0.29) is 195 Å². The van der Waals surface area contributed by atoms with Gasteiger partial charge in [-0.15, -0.1) is 11.3 Å². The average molecular weight is 1870 g/mol. The third-order valence-corrected chi connectivity index (χ3v) is 21.7. The minimum absolute atomic E-state index is 0.0105. The van der Waals surface area contributed by atoms with Crippen molar-refractivity contribution in [2.24, 2.45) is 17.8 Å². The number of thiazole rings is 1. The number of aliphatic hydroxyl groups is 5. The number of carbonyl (C=O) groups is 10. The number of rotatable bonds is 66. The van der Waals surface area contributed by atoms with E-state index >= 15 is 0 Å². The molecule has 0 spiro atoms. The molecule has 740 valence electrons. The summed E-state index contributed by atoms with van der Waals surface area (Å²) in [6, 6.07) is 4.07. The number of nitrogens with one attached hydrogen (secondary N) is 4. The van der Waals surface area contributed by atoms with Crippen LogP contribution in [0.4, 0.5) is 4.39 Å². The molecule has 2 heterocycles. The van der Waals surface area contributed by atoms with E-state index in [4.69, 9.17) is 92.1 Å². The maximum absolute atomic E-state index is 14.8. The van der Waals surface area contributed by atoms with Crippen LogP contribution in [0.1, 0.15) is 245 Å². The fourth-order valence-electron chi connectivity index (χ4n) is 12.5. The summed E-state index contributed by atoms with van der Waals surface area (Å²) in [4.78, 5) is 134. The molecule has 16 atom stereocenters. The van der Waals surface area contributed by atoms with E-state index < -0.39 is 103 Å². The minimum atomic E-state index is -0.945. The first-order chi connectivity index (χ1) is 61.1. The molecule has 10 N–H and O–H groups in total. The van der Waals surface area contributed by atoms with Crippen molar-refractivity contribution in [3.05, 3.63) is 51.7 Å². The zero-order valence-corrected chi connectivity index (χ0v) is 80.5. The van der Waals surface area contributed by atoms with E-state index in [9.17, 15) is 57.4 Å². The molecule has 0 radical (unpaired) electrons. The number of aliphatic carboxylic acids is 1. The van der Waals surface area contributed by atoms with Crippen LogP contribution in [0.5, 0.6) is 0 Å². The smallest absolute Gasteiger partial charge is 0.309 e. The van der Waals surface area contributed by atoms with Gasteiger partial charge in [0.25, 0.3) is 5.91 Å². The molecular formula is C89H156FN7O29S2. The highest BCUT2D eigenvalue weighted by atomic mass is 32.1. The Morgan fingerprint density at radius 2 is 1.09 bits per heavy atom. The Morgan fingerprint density at radius 1 is 0.609 bits per heavy atom. The number of aliphatic hydroxyl groups excluding tert-OH is 5. The van der Waals surface area contributed by atoms with Gasteiger partial charge in [0.1, 0.15) is 54.6 Å². The van der Waals surface area contributed by atoms with Gasteiger partial charge in [-0.3, -0.25) is 52.8 Å². The number of likely N-dealkylation sites (N-methyl/N-ethyl adjacent to an activating group) is 1. The molecule has 5 amide bonds. The Bertz CT molecular complexity index is 3290. The number of amides is 5. The number of carboxylic acid groups (broad SMARTS) is 1. The molecule has 36 nitrogen and oxygen atoms in total. The number of halogens is 1. The monoisotopic (exact) mass is 1870 g/mol. The number of carboxylic acids is 1. The van der Waals surface area contributed by atoms with Crippen molar-refractivity contribution >= 4 is 83.3 Å². The Labute approximate surface area is 766 Å². The van der Waals surface area contributed by atoms with Gasteiger partial charge in [0.15, 0.2) is 25.2 Å². The highest BCUT2D eigenvalue weighted by Crippen LogP contribution is 2.33. The normalized spacial score (nSPS) is 16.2. The SMILES string of the molecule is CCC(CO)OC(CO)OC.CCC(CO)OC(COC(=O)CCCC(=O)NCCS)OC.CCC(CO)OC(COC(=O)CCCC(=O)O)OC.CCCO[C@H](C[C@H](C(C)C)N(CCC)C(=O)[C@@H](NC(=O)[C@H]1CCCCN1C)[C@@H](C)CC)c1nc(C(=O)N[C@@H](Cc2ccc(F)cc2)C[C@H](C)C(=O)OC(C)CNC(=O)CCCC(=O)OCC(OC)OC(CC)CO)cs1. The number of carbonyl (C=O) groups excluding carboxylic acids is 9. The number of piperidine rings is 1. The molecule has 0 aliphatic carbocycles. The lowest BCUT2D eigenvalue weighted by molar-refractivity contribution is -0.194. The molecular weight excluding hydrogens is 1710 g/mol. The molecule has 1 aromatic carbocycles. The zero-order chi connectivity index (χ0) is 96.5. The Balaban J connectivity index is 0.00000247. The van der Waals surface area contributed by atoms with E-state index in [1.807, 2.05) is 67.3 Å². The Kier molecular flexibility index (Phi) is 69.9. The van der Waals surface area contributed by atoms with Crippen LogP contribution >= 0.6 is 24.0 Å². The lowest BCUT2D eigenvalue weighted by atomic mass is 9.92. The van der Waals surface area contributed by atoms with Crippen LogP contribution in [0.15, 0.2) is 29.6 Å². The Hall–Kier alpha value is -6.77. The number of likely N-dealkylation sites (tertiary alicyclic amines) is 1. The van der Waals surface area contributed by atoms with Crippen LogP contribution in [0.2, 0.25) is 0 Å². The van der Waals surface area contributed by atoms with Gasteiger partial charge < -0.3 is 118 Å². The number of ether oxygens (including phenoxy) is 13. The van der Waals surface area contributed by atoms with Crippen molar-refractivity contribution in [1.29, 1.82) is 0 Å². The number of nitrogens with zero attached hydrogens (tertiary/aromatic N) is 3. The first-order valence-electron chi connectivity index (χ1n) is 44.9. The summed E-state index contributed by atoms with van der Waals surface area (Å²) in [5, 5.41) is 67.0. The number of esters is 4. The maximum Gasteiger partial charge on any atom is 0.309 e. The summed E-state index contributed by atoms with van der Waals surface area (Å²) in [5.41, 5.74) is 0.900. The van der Waals surface area contributed by atoms with E-state index in [1.54, 1.807) is 31.4 Å². The lowest BCUT2D eigenvalue weighted by Gasteiger charge is -2.40. The molecule has 9 unspecified atom stereocenters. The second kappa shape index (κ2) is 73.8. The van der Waals surface area contributed by atoms with Crippen LogP contribution in [0, 0.1) is 23.6 Å². The maximum atomic E-state index is 14.8. The summed E-state index contributed by atoms with van der Waals surface area (Å²) < 4.78 is 82.7. The van der Waals surface area contributed by atoms with Gasteiger partial charge in [0.05, 0.1) is 76.0 Å². The molecule has 0 saturated carbocycles. The number of aromatic nitrogens is 1. The zero-order valence-electron chi connectivity index (χ0n) is 78.8. The number of methoxy groups -OCH3 is 4. The second-order valence-corrected chi connectivity index (χ2v) is 32.7. The molecule has 128 heavy (non-hydrogen) atoms. The van der Waals surface area contributed by atoms with Crippen molar-refractivity contribution < 1.29 is 145 Å². The third kappa shape index (κ3) is 53.7. The van der Waals surface area contributed by atoms with Crippen molar-refractivity contribution in [1.82, 2.24) is 36.1 Å². The van der Waals surface area contributed by atoms with Crippen molar-refractivity contribution in [2.75, 3.05) is 127 Å². The number of hydrogen-bond donors (Lipinski definition) is 11. The minimum Gasteiger partial charge on any atom is -0.481 e. The molecule has 3 rings (SSSR count). The van der Waals surface area contributed by atoms with Gasteiger partial charge in [0.2, 0.25) is 23.6 Å². The van der Waals surface area contributed by atoms with E-state index in [0.717, 1.165) is 37.8 Å². The molecule has 0 bridgehead atoms. The van der Waals surface area contributed by atoms with Crippen molar-refractivity contribution in [3.63, 3.8) is 0 Å². The average Bonchev–Trinajstić information content (AvgIpc) is 1.25. The number of thiol groups is 1. The standard InChI is InChI=1S/C56H91FN6O12S.C14H27NO6S.C12H22O7.C7H16O4/c1-12-26-63(55(69)51(37(7)14-3)61-53(68)45-19-16-17-27-62(45)10)46(36(5)6)31-47(72-28-13-2)54-60-44(35-76-54)52(67)59-42(30-40-22-24-41(57)25-23-40)29-38(8)56(70)74-39(9)32-58-48(65)20-18-21-49(66)73-34-50(71-11)75-43(15-4)33-64;1-3-11(9-16)21-14(19-2)10-20-13(18)6-4-5-12(17)15-7-8-22;1-3-9(7-13)19-12(17-2)8-18-11(16)6-4-5-10(14)15;1-3-6(4-8)11-7(5-9)10-2/h22-25,35-39,42-43,45-47,50-51,64H,12-21,26-34H2,1-11H3,(H,58,65)(H,59,67)(H,61,68);11,14,16,22H,3-10H2,1-2H3,(H,15,17);9,12-13H,3-8H2,1-2H3,(H,14,15);6-9H,3-5H2,1-2H3/t37-,38-,39?,42+,43?,45+,46+,47+,50?,51-;;;/m0.../s1. The van der Waals surface area contributed by atoms with Crippen LogP contribution in [-0.2, 0) is 111 Å². The van der Waals surface area contributed by atoms with Crippen molar-refractivity contribution in [2.45, 2.75) is 310 Å². The van der Waals surface area contributed by atoms with Gasteiger partial charge >= 0.3 is 29.8 Å². The summed E-state index contributed by atoms with van der Waals surface area (Å²) in [6.45, 7) is 24.4. The highest BCUT2D eigenvalue weighted by Gasteiger charge is 2.39. The third-order valence-electron chi connectivity index (χ3n) is 20.6. The van der Waals surface area contributed by atoms with Crippen LogP contribution < -0.4 is 21.3 Å². The van der Waals surface area contributed by atoms with E-state index in [0.29, 0.717) is 81.8 Å². The molecule has 1 fully saturated rings. The van der Waals surface area contributed by atoms with Gasteiger partial charge in [-0.1, -0.05) is 101 Å². The van der Waals surface area contributed by atoms with Gasteiger partial charge in [-0.2, -0.15) is 12.6 Å². The molecule has 1 aliphatic rings. The topological polar surface area (TPSA) is 480 Å². The molecule has 1 aromatic heterocycles. The van der Waals surface area contributed by atoms with E-state index in [1.165, 1.54) is 51.9 Å². The van der Waals surface area contributed by atoms with Crippen LogP contribution in [0.25, 0.3) is 0 Å². The fourth-order valence-corrected chi connectivity index (χ4v) is 13.5. The van der Waals surface area contributed by atoms with Crippen LogP contribution in [-0.4, -0.2) is 312 Å². The van der Waals surface area contributed by atoms with Crippen LogP contribution in [0.3, 0.4) is 0 Å². The summed E-state index contributed by atoms with van der Waals surface area (Å²) in [6.07, 6.45) is 4.03. The largest absolute Gasteiger partial charge is 0.481 e. The Morgan fingerprint density at radius 3 is 1.52 bits per heavy atom. The highest BCUT2D eigenvalue weighted by molar-refractivity contribution is 7.80. The van der Waals surface area contributed by atoms with Gasteiger partial charge in [-0.25, -0.2) is 9.37 Å². The van der Waals surface area contributed by atoms with E-state index in [2.05, 4.69) is 52.6 Å². The van der Waals surface area contributed by atoms with Crippen molar-refractivity contribution in [3.8, 4) is 0 Å². The first-order valence-corrected chi connectivity index (χ1v) is 46.4. The number of hydrogen-bond acceptors (Lipinski definition) is 32. The number of benzene rings is 1. The first kappa shape index (κ1) is 121. The quantitative estimate of drug-likeness (QED) is 0.0129. The summed E-state index contributed by atoms with van der Waals surface area (Å²) in [7, 11) is 7.67. The van der Waals surface area contributed by atoms with Gasteiger partial charge in [-0.05, 0) is 134 Å². The molecule has 2 aromatic rings. The molecule has 1 saturated heterocycles. The lowest BCUT2D eigenvalue weighted by Crippen LogP contribution is -2.58. The predicted octanol–water partition coefficient (Wildman–Crippen LogP) is 8.10.